The molecule has 8 heteroatoms. The summed E-state index contributed by atoms with van der Waals surface area (Å²) in [5.41, 5.74) is 1.64. The average molecular weight is 480 g/mol. The zero-order valence-corrected chi connectivity index (χ0v) is 19.2. The number of ether oxygens (including phenoxy) is 3. The molecule has 1 fully saturated rings. The summed E-state index contributed by atoms with van der Waals surface area (Å²) in [6, 6.07) is 30.5. The molecule has 3 aromatic rings. The Morgan fingerprint density at radius 3 is 1.89 bits per heavy atom. The van der Waals surface area contributed by atoms with Crippen molar-refractivity contribution in [3.05, 3.63) is 102 Å². The molecule has 1 atom stereocenters. The minimum absolute atomic E-state index is 0.0408. The maximum Gasteiger partial charge on any atom is 0.414 e. The van der Waals surface area contributed by atoms with Crippen LogP contribution in [-0.4, -0.2) is 61.2 Å². The molecular weight excluding hydrogens is 450 g/mol. The first-order chi connectivity index (χ1) is 17.0. The highest BCUT2D eigenvalue weighted by Gasteiger charge is 2.41. The monoisotopic (exact) mass is 479 g/mol. The molecule has 184 valence electrons. The molecule has 0 radical (unpaired) electrons. The van der Waals surface area contributed by atoms with E-state index in [2.05, 4.69) is 29.6 Å². The normalized spacial score (nSPS) is 16.4. The van der Waals surface area contributed by atoms with Crippen molar-refractivity contribution in [2.75, 3.05) is 32.9 Å². The minimum Gasteiger partial charge on any atom is -0.492 e. The van der Waals surface area contributed by atoms with Gasteiger partial charge < -0.3 is 29.7 Å². The third kappa shape index (κ3) is 7.65. The van der Waals surface area contributed by atoms with Crippen molar-refractivity contribution in [2.45, 2.75) is 11.7 Å². The zero-order chi connectivity index (χ0) is 24.9. The lowest BCUT2D eigenvalue weighted by molar-refractivity contribution is -0.183. The second-order valence-electron chi connectivity index (χ2n) is 7.79. The van der Waals surface area contributed by atoms with Gasteiger partial charge in [0.1, 0.15) is 18.0 Å². The molecule has 3 N–H and O–H groups in total. The summed E-state index contributed by atoms with van der Waals surface area (Å²) in [7, 11) is 0. The quantitative estimate of drug-likeness (QED) is 0.334. The summed E-state index contributed by atoms with van der Waals surface area (Å²) in [5.74, 6) is -2.76. The van der Waals surface area contributed by atoms with Crippen LogP contribution in [0.15, 0.2) is 91.0 Å². The summed E-state index contributed by atoms with van der Waals surface area (Å²) in [6.45, 7) is 3.15. The fourth-order valence-electron chi connectivity index (χ4n) is 3.69. The lowest BCUT2D eigenvalue weighted by Gasteiger charge is -2.42. The van der Waals surface area contributed by atoms with Crippen LogP contribution < -0.4 is 10.1 Å². The predicted molar refractivity (Wildman–Crippen MR) is 129 cm³/mol. The zero-order valence-electron chi connectivity index (χ0n) is 19.2. The standard InChI is InChI=1S/C25H27NO3.C2H2O4/c1-4-10-21(11-5-1)25(22-12-6-2-7-13-22)20-27-19-24(29-25)18-26-16-17-28-23-14-8-3-9-15-23;3-1(4)2(5)6/h1-15,24,26H,16-20H2;(H,3,4)(H,5,6). The van der Waals surface area contributed by atoms with Crippen LogP contribution in [0.1, 0.15) is 11.1 Å². The van der Waals surface area contributed by atoms with Gasteiger partial charge in [-0.05, 0) is 23.3 Å². The number of para-hydroxylation sites is 1. The Hall–Kier alpha value is -3.72. The predicted octanol–water partition coefficient (Wildman–Crippen LogP) is 3.17. The summed E-state index contributed by atoms with van der Waals surface area (Å²) >= 11 is 0. The van der Waals surface area contributed by atoms with Crippen LogP contribution in [0.25, 0.3) is 0 Å². The fraction of sp³-hybridized carbons (Fsp3) is 0.259. The Kier molecular flexibility index (Phi) is 9.80. The second kappa shape index (κ2) is 13.2. The van der Waals surface area contributed by atoms with Crippen LogP contribution in [0.4, 0.5) is 0 Å². The average Bonchev–Trinajstić information content (AvgIpc) is 2.90. The van der Waals surface area contributed by atoms with Gasteiger partial charge in [0.25, 0.3) is 0 Å². The molecule has 3 aromatic carbocycles. The Morgan fingerprint density at radius 2 is 1.37 bits per heavy atom. The lowest BCUT2D eigenvalue weighted by atomic mass is 9.86. The van der Waals surface area contributed by atoms with E-state index in [1.54, 1.807) is 0 Å². The number of carboxylic acid groups (broad SMARTS) is 2. The Bertz CT molecular complexity index is 993. The topological polar surface area (TPSA) is 114 Å². The van der Waals surface area contributed by atoms with Crippen LogP contribution >= 0.6 is 0 Å². The first kappa shape index (κ1) is 25.9. The van der Waals surface area contributed by atoms with Crippen LogP contribution in [0, 0.1) is 0 Å². The first-order valence-corrected chi connectivity index (χ1v) is 11.2. The highest BCUT2D eigenvalue weighted by Crippen LogP contribution is 2.37. The molecule has 0 spiro atoms. The van der Waals surface area contributed by atoms with Crippen molar-refractivity contribution in [1.82, 2.24) is 5.32 Å². The van der Waals surface area contributed by atoms with Crippen LogP contribution in [-0.2, 0) is 24.7 Å². The van der Waals surface area contributed by atoms with Gasteiger partial charge in [0.05, 0.1) is 19.3 Å². The summed E-state index contributed by atoms with van der Waals surface area (Å²) in [5, 5.41) is 18.2. The molecule has 35 heavy (non-hydrogen) atoms. The molecule has 0 bridgehead atoms. The molecule has 1 saturated heterocycles. The van der Waals surface area contributed by atoms with Crippen molar-refractivity contribution >= 4 is 11.9 Å². The van der Waals surface area contributed by atoms with Crippen molar-refractivity contribution in [3.8, 4) is 5.75 Å². The van der Waals surface area contributed by atoms with E-state index in [0.717, 1.165) is 23.4 Å². The van der Waals surface area contributed by atoms with Crippen LogP contribution in [0.2, 0.25) is 0 Å². The molecule has 0 aliphatic carbocycles. The van der Waals surface area contributed by atoms with Gasteiger partial charge in [-0.1, -0.05) is 78.9 Å². The van der Waals surface area contributed by atoms with Gasteiger partial charge in [-0.3, -0.25) is 0 Å². The third-order valence-corrected chi connectivity index (χ3v) is 5.30. The number of carbonyl (C=O) groups is 2. The number of benzene rings is 3. The highest BCUT2D eigenvalue weighted by molar-refractivity contribution is 6.27. The maximum absolute atomic E-state index is 9.10. The van der Waals surface area contributed by atoms with Gasteiger partial charge in [0.15, 0.2) is 0 Å². The maximum atomic E-state index is 9.10. The molecule has 1 heterocycles. The highest BCUT2D eigenvalue weighted by atomic mass is 16.6. The Balaban J connectivity index is 0.000000509. The van der Waals surface area contributed by atoms with Crippen LogP contribution in [0.3, 0.4) is 0 Å². The second-order valence-corrected chi connectivity index (χ2v) is 7.79. The van der Waals surface area contributed by atoms with Gasteiger partial charge in [-0.2, -0.15) is 0 Å². The van der Waals surface area contributed by atoms with E-state index in [-0.39, 0.29) is 6.10 Å². The first-order valence-electron chi connectivity index (χ1n) is 11.2. The fourth-order valence-corrected chi connectivity index (χ4v) is 3.69. The number of nitrogens with one attached hydrogen (secondary N) is 1. The van der Waals surface area contributed by atoms with Gasteiger partial charge in [-0.15, -0.1) is 0 Å². The van der Waals surface area contributed by atoms with Crippen molar-refractivity contribution < 1.29 is 34.0 Å². The van der Waals surface area contributed by atoms with Gasteiger partial charge >= 0.3 is 11.9 Å². The Labute approximate surface area is 204 Å². The van der Waals surface area contributed by atoms with E-state index < -0.39 is 17.5 Å². The van der Waals surface area contributed by atoms with Crippen molar-refractivity contribution in [1.29, 1.82) is 0 Å². The minimum atomic E-state index is -1.82. The molecule has 0 aromatic heterocycles. The van der Waals surface area contributed by atoms with Gasteiger partial charge in [-0.25, -0.2) is 9.59 Å². The summed E-state index contributed by atoms with van der Waals surface area (Å²) in [4.78, 5) is 18.2. The van der Waals surface area contributed by atoms with Crippen molar-refractivity contribution in [3.63, 3.8) is 0 Å². The molecule has 0 amide bonds. The number of hydrogen-bond acceptors (Lipinski definition) is 6. The van der Waals surface area contributed by atoms with E-state index in [0.29, 0.717) is 26.4 Å². The molecule has 8 nitrogen and oxygen atoms in total. The largest absolute Gasteiger partial charge is 0.492 e. The van der Waals surface area contributed by atoms with Gasteiger partial charge in [0.2, 0.25) is 0 Å². The number of hydrogen-bond donors (Lipinski definition) is 3. The molecule has 1 aliphatic rings. The van der Waals surface area contributed by atoms with E-state index in [4.69, 9.17) is 34.0 Å². The van der Waals surface area contributed by atoms with Crippen molar-refractivity contribution in [2.24, 2.45) is 0 Å². The van der Waals surface area contributed by atoms with Crippen LogP contribution in [0.5, 0.6) is 5.75 Å². The summed E-state index contributed by atoms with van der Waals surface area (Å²) < 4.78 is 18.5. The van der Waals surface area contributed by atoms with E-state index in [1.165, 1.54) is 0 Å². The molecule has 4 rings (SSSR count). The number of carboxylic acids is 2. The lowest BCUT2D eigenvalue weighted by Crippen LogP contribution is -2.49. The number of rotatable bonds is 8. The third-order valence-electron chi connectivity index (χ3n) is 5.30. The molecular formula is C27H29NO7. The number of aliphatic carboxylic acids is 2. The van der Waals surface area contributed by atoms with E-state index in [1.807, 2.05) is 66.7 Å². The molecule has 0 saturated carbocycles. The Morgan fingerprint density at radius 1 is 0.857 bits per heavy atom. The smallest absolute Gasteiger partial charge is 0.414 e. The summed E-state index contributed by atoms with van der Waals surface area (Å²) in [6.07, 6.45) is -0.0408. The van der Waals surface area contributed by atoms with E-state index in [9.17, 15) is 0 Å². The molecule has 1 unspecified atom stereocenters. The molecule has 1 aliphatic heterocycles. The van der Waals surface area contributed by atoms with Gasteiger partial charge in [0, 0.05) is 13.1 Å². The SMILES string of the molecule is O=C(O)C(=O)O.c1ccc(OCCNCC2COCC(c3ccccc3)(c3ccccc3)O2)cc1. The van der Waals surface area contributed by atoms with E-state index >= 15 is 0 Å².